The molecule has 69 heavy (non-hydrogen) atoms. The van der Waals surface area contributed by atoms with Gasteiger partial charge in [-0.15, -0.1) is 0 Å². The molecule has 0 aromatic heterocycles. The van der Waals surface area contributed by atoms with Crippen LogP contribution in [0.1, 0.15) is 252 Å². The Morgan fingerprint density at radius 3 is 1.00 bits per heavy atom. The quantitative estimate of drug-likeness (QED) is 0.0262. The highest BCUT2D eigenvalue weighted by molar-refractivity contribution is 5.71. The Bertz CT molecular complexity index is 1420. The van der Waals surface area contributed by atoms with Crippen LogP contribution in [-0.2, 0) is 28.6 Å². The molecule has 0 rings (SSSR count). The molecule has 0 aliphatic rings. The van der Waals surface area contributed by atoms with Gasteiger partial charge in [0.1, 0.15) is 13.2 Å². The highest BCUT2D eigenvalue weighted by atomic mass is 16.6. The first-order valence-corrected chi connectivity index (χ1v) is 28.4. The Morgan fingerprint density at radius 2 is 0.594 bits per heavy atom. The Balaban J connectivity index is 4.54. The summed E-state index contributed by atoms with van der Waals surface area (Å²) in [6.07, 6.45) is 76.5. The van der Waals surface area contributed by atoms with E-state index in [4.69, 9.17) is 14.2 Å². The van der Waals surface area contributed by atoms with Gasteiger partial charge in [-0.2, -0.15) is 0 Å². The molecule has 1 atom stereocenters. The van der Waals surface area contributed by atoms with Crippen LogP contribution < -0.4 is 0 Å². The van der Waals surface area contributed by atoms with Crippen molar-refractivity contribution in [2.75, 3.05) is 13.2 Å². The Kier molecular flexibility index (Phi) is 53.4. The molecule has 0 N–H and O–H groups in total. The molecule has 0 amide bonds. The third kappa shape index (κ3) is 54.9. The lowest BCUT2D eigenvalue weighted by Gasteiger charge is -2.18. The van der Waals surface area contributed by atoms with Crippen molar-refractivity contribution >= 4 is 17.9 Å². The summed E-state index contributed by atoms with van der Waals surface area (Å²) in [7, 11) is 0. The van der Waals surface area contributed by atoms with Crippen LogP contribution in [0.3, 0.4) is 0 Å². The second kappa shape index (κ2) is 56.7. The summed E-state index contributed by atoms with van der Waals surface area (Å²) < 4.78 is 16.8. The number of unbranched alkanes of at least 4 members (excludes halogenated alkanes) is 21. The number of hydrogen-bond donors (Lipinski definition) is 0. The minimum absolute atomic E-state index is 0.113. The number of esters is 3. The number of allylic oxidation sites excluding steroid dienone is 18. The van der Waals surface area contributed by atoms with E-state index in [1.807, 2.05) is 6.08 Å². The lowest BCUT2D eigenvalue weighted by molar-refractivity contribution is -0.166. The molecular formula is C63H104O6. The van der Waals surface area contributed by atoms with E-state index in [2.05, 4.69) is 124 Å². The van der Waals surface area contributed by atoms with E-state index in [0.29, 0.717) is 19.3 Å². The molecule has 0 saturated carbocycles. The van der Waals surface area contributed by atoms with E-state index in [0.717, 1.165) is 103 Å². The maximum absolute atomic E-state index is 12.8. The van der Waals surface area contributed by atoms with E-state index in [-0.39, 0.29) is 37.5 Å². The number of hydrogen-bond acceptors (Lipinski definition) is 6. The number of ether oxygens (including phenoxy) is 3. The van der Waals surface area contributed by atoms with E-state index in [1.165, 1.54) is 103 Å². The molecule has 0 unspecified atom stereocenters. The van der Waals surface area contributed by atoms with Crippen LogP contribution in [0.25, 0.3) is 0 Å². The third-order valence-corrected chi connectivity index (χ3v) is 11.8. The van der Waals surface area contributed by atoms with E-state index >= 15 is 0 Å². The van der Waals surface area contributed by atoms with Crippen LogP contribution in [0, 0.1) is 0 Å². The summed E-state index contributed by atoms with van der Waals surface area (Å²) in [5.74, 6) is -1.02. The normalized spacial score (nSPS) is 12.9. The Morgan fingerprint density at radius 1 is 0.304 bits per heavy atom. The minimum Gasteiger partial charge on any atom is -0.462 e. The molecule has 0 aromatic carbocycles. The molecule has 0 fully saturated rings. The highest BCUT2D eigenvalue weighted by Gasteiger charge is 2.19. The summed E-state index contributed by atoms with van der Waals surface area (Å²) >= 11 is 0. The molecule has 0 bridgehead atoms. The van der Waals surface area contributed by atoms with Crippen molar-refractivity contribution in [2.45, 2.75) is 258 Å². The first-order valence-electron chi connectivity index (χ1n) is 28.4. The Hall–Kier alpha value is -3.93. The molecule has 6 nitrogen and oxygen atoms in total. The van der Waals surface area contributed by atoms with Gasteiger partial charge in [0.2, 0.25) is 0 Å². The van der Waals surface area contributed by atoms with Gasteiger partial charge in [0.15, 0.2) is 6.10 Å². The zero-order valence-electron chi connectivity index (χ0n) is 44.8. The summed E-state index contributed by atoms with van der Waals surface area (Å²) in [6, 6.07) is 0. The van der Waals surface area contributed by atoms with Gasteiger partial charge in [0, 0.05) is 19.3 Å². The lowest BCUT2D eigenvalue weighted by Crippen LogP contribution is -2.30. The fourth-order valence-corrected chi connectivity index (χ4v) is 7.53. The van der Waals surface area contributed by atoms with Gasteiger partial charge in [0.25, 0.3) is 0 Å². The number of carbonyl (C=O) groups excluding carboxylic acids is 3. The average Bonchev–Trinajstić information content (AvgIpc) is 3.35. The molecule has 0 radical (unpaired) electrons. The zero-order valence-corrected chi connectivity index (χ0v) is 44.8. The first-order chi connectivity index (χ1) is 34.0. The highest BCUT2D eigenvalue weighted by Crippen LogP contribution is 2.15. The zero-order chi connectivity index (χ0) is 50.0. The molecule has 0 aromatic rings. The summed E-state index contributed by atoms with van der Waals surface area (Å²) in [5.41, 5.74) is 0. The van der Waals surface area contributed by atoms with Crippen molar-refractivity contribution in [1.82, 2.24) is 0 Å². The minimum atomic E-state index is -0.818. The van der Waals surface area contributed by atoms with Gasteiger partial charge < -0.3 is 14.2 Å². The predicted molar refractivity (Wildman–Crippen MR) is 297 cm³/mol. The van der Waals surface area contributed by atoms with Crippen LogP contribution in [0.5, 0.6) is 0 Å². The number of rotatable bonds is 50. The van der Waals surface area contributed by atoms with E-state index in [9.17, 15) is 14.4 Å². The van der Waals surface area contributed by atoms with Crippen molar-refractivity contribution in [3.8, 4) is 0 Å². The maximum atomic E-state index is 12.8. The molecule has 0 aliphatic carbocycles. The molecule has 0 spiro atoms. The summed E-state index contributed by atoms with van der Waals surface area (Å²) in [4.78, 5) is 38.1. The van der Waals surface area contributed by atoms with Crippen LogP contribution >= 0.6 is 0 Å². The average molecular weight is 958 g/mol. The monoisotopic (exact) mass is 957 g/mol. The fraction of sp³-hybridized carbons (Fsp3) is 0.667. The topological polar surface area (TPSA) is 78.9 Å². The molecule has 0 heterocycles. The second-order valence-corrected chi connectivity index (χ2v) is 18.5. The van der Waals surface area contributed by atoms with Gasteiger partial charge in [0.05, 0.1) is 0 Å². The molecule has 0 aliphatic heterocycles. The standard InChI is InChI=1S/C63H104O6/c1-4-7-10-13-16-19-22-25-28-30-31-33-36-38-41-44-47-50-53-56-62(65)68-59-60(69-63(66)57-54-51-48-45-42-39-34-27-24-21-18-15-12-9-6-3)58-67-61(64)55-52-49-46-43-40-37-35-32-29-26-23-20-17-14-11-8-5-2/h7,10,16-17,19-20,25-26,28-29,31,33,35,37-38,41,47,50,60H,4-6,8-9,11-15,18,21-24,27,30,32,34,36,39-40,42-46,48-49,51-59H2,1-3H3/b10-7-,19-16-,20-17-,28-25-,29-26-,33-31-,37-35-,41-38-,50-47-/t60-/m0/s1. The largest absolute Gasteiger partial charge is 0.462 e. The third-order valence-electron chi connectivity index (χ3n) is 11.8. The molecule has 392 valence electrons. The lowest BCUT2D eigenvalue weighted by atomic mass is 10.0. The molecule has 0 saturated heterocycles. The van der Waals surface area contributed by atoms with Crippen molar-refractivity contribution < 1.29 is 28.6 Å². The van der Waals surface area contributed by atoms with Gasteiger partial charge in [-0.25, -0.2) is 0 Å². The van der Waals surface area contributed by atoms with Crippen molar-refractivity contribution in [3.63, 3.8) is 0 Å². The van der Waals surface area contributed by atoms with E-state index < -0.39 is 6.10 Å². The van der Waals surface area contributed by atoms with Crippen molar-refractivity contribution in [2.24, 2.45) is 0 Å². The van der Waals surface area contributed by atoms with Crippen LogP contribution in [0.4, 0.5) is 0 Å². The Labute approximate surface area is 425 Å². The van der Waals surface area contributed by atoms with Crippen LogP contribution in [-0.4, -0.2) is 37.2 Å². The van der Waals surface area contributed by atoms with Gasteiger partial charge in [-0.3, -0.25) is 14.4 Å². The van der Waals surface area contributed by atoms with Gasteiger partial charge in [-0.1, -0.05) is 246 Å². The summed E-state index contributed by atoms with van der Waals surface area (Å²) in [5, 5.41) is 0. The van der Waals surface area contributed by atoms with Crippen LogP contribution in [0.2, 0.25) is 0 Å². The van der Waals surface area contributed by atoms with Crippen molar-refractivity contribution in [1.29, 1.82) is 0 Å². The van der Waals surface area contributed by atoms with Crippen molar-refractivity contribution in [3.05, 3.63) is 109 Å². The fourth-order valence-electron chi connectivity index (χ4n) is 7.53. The first kappa shape index (κ1) is 65.1. The molecular weight excluding hydrogens is 853 g/mol. The smallest absolute Gasteiger partial charge is 0.306 e. The van der Waals surface area contributed by atoms with Crippen LogP contribution in [0.15, 0.2) is 109 Å². The van der Waals surface area contributed by atoms with Gasteiger partial charge >= 0.3 is 17.9 Å². The maximum Gasteiger partial charge on any atom is 0.306 e. The second-order valence-electron chi connectivity index (χ2n) is 18.5. The van der Waals surface area contributed by atoms with E-state index in [1.54, 1.807) is 0 Å². The van der Waals surface area contributed by atoms with Gasteiger partial charge in [-0.05, 0) is 96.3 Å². The predicted octanol–water partition coefficient (Wildman–Crippen LogP) is 19.1. The SMILES string of the molecule is CC/C=C\C/C=C\C/C=C\C/C=C\C/C=C\C/C=C\CCC(=O)OC[C@H](COC(=O)CCCCCC/C=C\C/C=C\C/C=C\CCCCC)OC(=O)CCCCCCCCCCCCCCCCC. The molecule has 6 heteroatoms. The summed E-state index contributed by atoms with van der Waals surface area (Å²) in [6.45, 7) is 6.42. The number of carbonyl (C=O) groups is 3.